The lowest BCUT2D eigenvalue weighted by Gasteiger charge is -2.10. The molecule has 0 bridgehead atoms. The summed E-state index contributed by atoms with van der Waals surface area (Å²) in [6, 6.07) is -0.510. The van der Waals surface area contributed by atoms with Crippen molar-refractivity contribution in [2.75, 3.05) is 0 Å². The second kappa shape index (κ2) is 3.26. The molecule has 0 rings (SSSR count). The Morgan fingerprint density at radius 2 is 1.89 bits per heavy atom. The van der Waals surface area contributed by atoms with Crippen molar-refractivity contribution in [3.8, 4) is 0 Å². The van der Waals surface area contributed by atoms with Gasteiger partial charge in [0.1, 0.15) is 6.17 Å². The highest BCUT2D eigenvalue weighted by molar-refractivity contribution is 6.56. The topological polar surface area (TPSA) is 60.7 Å². The van der Waals surface area contributed by atoms with Crippen LogP contribution in [0.3, 0.4) is 0 Å². The average molecular weight is 154 g/mol. The molecule has 3 N–H and O–H groups in total. The van der Waals surface area contributed by atoms with Crippen LogP contribution >= 0.6 is 0 Å². The van der Waals surface area contributed by atoms with Gasteiger partial charge in [-0.15, -0.1) is 0 Å². The van der Waals surface area contributed by atoms with Gasteiger partial charge in [0.25, 0.3) is 0 Å². The van der Waals surface area contributed by atoms with Crippen LogP contribution in [0, 0.1) is 0 Å². The van der Waals surface area contributed by atoms with Crippen LogP contribution in [-0.2, 0) is 0 Å². The summed E-state index contributed by atoms with van der Waals surface area (Å²) < 4.78 is 12.2. The molecule has 5 heteroatoms. The van der Waals surface area contributed by atoms with Gasteiger partial charge in [-0.1, -0.05) is 6.92 Å². The number of hydrogen-bond donors (Lipinski definition) is 3. The van der Waals surface area contributed by atoms with E-state index in [2.05, 4.69) is 0 Å². The quantitative estimate of drug-likeness (QED) is 0.487. The van der Waals surface area contributed by atoms with Gasteiger partial charge >= 0.3 is 8.80 Å². The first-order chi connectivity index (χ1) is 3.95. The molecule has 0 spiro atoms. The summed E-state index contributed by atoms with van der Waals surface area (Å²) in [6.07, 6.45) is -1.09. The van der Waals surface area contributed by atoms with Crippen LogP contribution in [0.5, 0.6) is 0 Å². The third-order valence-corrected chi connectivity index (χ3v) is 1.93. The molecule has 0 amide bonds. The van der Waals surface area contributed by atoms with Crippen molar-refractivity contribution in [3.05, 3.63) is 0 Å². The fourth-order valence-corrected chi connectivity index (χ4v) is 1.32. The van der Waals surface area contributed by atoms with Gasteiger partial charge in [-0.25, -0.2) is 4.39 Å². The molecule has 1 atom stereocenters. The van der Waals surface area contributed by atoms with Crippen LogP contribution in [-0.4, -0.2) is 29.4 Å². The summed E-state index contributed by atoms with van der Waals surface area (Å²) >= 11 is 0. The van der Waals surface area contributed by atoms with Crippen molar-refractivity contribution in [2.45, 2.75) is 25.6 Å². The lowest BCUT2D eigenvalue weighted by molar-refractivity contribution is 0.204. The molecule has 3 nitrogen and oxygen atoms in total. The predicted molar refractivity (Wildman–Crippen MR) is 32.4 cm³/mol. The maximum Gasteiger partial charge on any atom is 0.495 e. The van der Waals surface area contributed by atoms with Crippen molar-refractivity contribution >= 4 is 8.80 Å². The second-order valence-corrected chi connectivity index (χ2v) is 3.94. The van der Waals surface area contributed by atoms with E-state index < -0.39 is 21.0 Å². The van der Waals surface area contributed by atoms with Crippen LogP contribution in [0.2, 0.25) is 6.04 Å². The van der Waals surface area contributed by atoms with E-state index in [4.69, 9.17) is 14.4 Å². The van der Waals surface area contributed by atoms with Gasteiger partial charge in [-0.3, -0.25) is 0 Å². The Labute approximate surface area is 54.1 Å². The first-order valence-electron chi connectivity index (χ1n) is 2.77. The molecule has 0 aromatic carbocycles. The summed E-state index contributed by atoms with van der Waals surface area (Å²) in [4.78, 5) is 25.0. The average Bonchev–Trinajstić information content (AvgIpc) is 1.62. The summed E-state index contributed by atoms with van der Waals surface area (Å²) in [5, 5.41) is 0. The summed E-state index contributed by atoms with van der Waals surface area (Å²) in [6.45, 7) is 1.57. The lowest BCUT2D eigenvalue weighted by Crippen LogP contribution is -2.37. The fraction of sp³-hybridized carbons (Fsp3) is 1.00. The Balaban J connectivity index is 3.47. The zero-order chi connectivity index (χ0) is 7.49. The Morgan fingerprint density at radius 3 is 2.00 bits per heavy atom. The molecule has 9 heavy (non-hydrogen) atoms. The van der Waals surface area contributed by atoms with Gasteiger partial charge in [-0.2, -0.15) is 0 Å². The summed E-state index contributed by atoms with van der Waals surface area (Å²) in [7, 11) is -4.12. The Kier molecular flexibility index (Phi) is 3.27. The number of halogens is 1. The Hall–Kier alpha value is 0.0269. The summed E-state index contributed by atoms with van der Waals surface area (Å²) in [5.41, 5.74) is 0. The van der Waals surface area contributed by atoms with E-state index in [1.807, 2.05) is 0 Å². The van der Waals surface area contributed by atoms with Crippen LogP contribution in [0.25, 0.3) is 0 Å². The van der Waals surface area contributed by atoms with E-state index in [9.17, 15) is 4.39 Å². The third-order valence-electron chi connectivity index (χ3n) is 0.938. The van der Waals surface area contributed by atoms with E-state index >= 15 is 0 Å². The van der Waals surface area contributed by atoms with Crippen molar-refractivity contribution in [2.24, 2.45) is 0 Å². The van der Waals surface area contributed by atoms with Crippen molar-refractivity contribution in [1.82, 2.24) is 0 Å². The van der Waals surface area contributed by atoms with Crippen LogP contribution in [0.1, 0.15) is 13.3 Å². The molecule has 0 aromatic heterocycles. The number of hydrogen-bond acceptors (Lipinski definition) is 3. The highest BCUT2D eigenvalue weighted by atomic mass is 28.4. The van der Waals surface area contributed by atoms with Crippen LogP contribution < -0.4 is 0 Å². The normalized spacial score (nSPS) is 15.7. The van der Waals surface area contributed by atoms with Crippen LogP contribution in [0.4, 0.5) is 4.39 Å². The lowest BCUT2D eigenvalue weighted by atomic mass is 10.3. The SMILES string of the molecule is CCC(F)C[Si](O)(O)O. The van der Waals surface area contributed by atoms with Gasteiger partial charge < -0.3 is 14.4 Å². The smallest absolute Gasteiger partial charge is 0.390 e. The van der Waals surface area contributed by atoms with E-state index in [0.29, 0.717) is 0 Å². The predicted octanol–water partition coefficient (Wildman–Crippen LogP) is -0.350. The van der Waals surface area contributed by atoms with E-state index in [1.165, 1.54) is 0 Å². The first-order valence-corrected chi connectivity index (χ1v) is 4.81. The fourth-order valence-electron chi connectivity index (χ4n) is 0.441. The maximum absolute atomic E-state index is 12.2. The molecule has 1 unspecified atom stereocenters. The van der Waals surface area contributed by atoms with Crippen molar-refractivity contribution in [3.63, 3.8) is 0 Å². The molecule has 0 aliphatic heterocycles. The minimum atomic E-state index is -4.12. The molecule has 0 saturated heterocycles. The number of rotatable bonds is 3. The monoisotopic (exact) mass is 154 g/mol. The molecule has 0 radical (unpaired) electrons. The molecule has 0 heterocycles. The summed E-state index contributed by atoms with van der Waals surface area (Å²) in [5.74, 6) is 0. The maximum atomic E-state index is 12.2. The van der Waals surface area contributed by atoms with E-state index in [1.54, 1.807) is 6.92 Å². The molecule has 0 aromatic rings. The van der Waals surface area contributed by atoms with E-state index in [-0.39, 0.29) is 6.42 Å². The molecule has 0 saturated carbocycles. The largest absolute Gasteiger partial charge is 0.495 e. The number of alkyl halides is 1. The van der Waals surface area contributed by atoms with Gasteiger partial charge in [0.2, 0.25) is 0 Å². The highest BCUT2D eigenvalue weighted by Gasteiger charge is 2.30. The molecule has 56 valence electrons. The highest BCUT2D eigenvalue weighted by Crippen LogP contribution is 2.08. The van der Waals surface area contributed by atoms with Crippen LogP contribution in [0.15, 0.2) is 0 Å². The van der Waals surface area contributed by atoms with Gasteiger partial charge in [0.15, 0.2) is 0 Å². The first kappa shape index (κ1) is 9.03. The molecular formula is C4H11FO3Si. The third kappa shape index (κ3) is 5.90. The Morgan fingerprint density at radius 1 is 1.44 bits per heavy atom. The Bertz CT molecular complexity index is 82.4. The second-order valence-electron chi connectivity index (χ2n) is 1.98. The van der Waals surface area contributed by atoms with Gasteiger partial charge in [-0.05, 0) is 6.42 Å². The molecule has 0 aliphatic carbocycles. The zero-order valence-corrected chi connectivity index (χ0v) is 6.21. The minimum absolute atomic E-state index is 0.205. The zero-order valence-electron chi connectivity index (χ0n) is 5.21. The molecule has 0 aliphatic rings. The van der Waals surface area contributed by atoms with E-state index in [0.717, 1.165) is 0 Å². The molecular weight excluding hydrogens is 143 g/mol. The standard InChI is InChI=1S/C4H11FO3Si/c1-2-4(5)3-9(6,7)8/h4,6-8H,2-3H2,1H3. The van der Waals surface area contributed by atoms with Crippen molar-refractivity contribution < 1.29 is 18.8 Å². The molecule has 0 fully saturated rings. The van der Waals surface area contributed by atoms with Gasteiger partial charge in [0.05, 0.1) is 0 Å². The minimum Gasteiger partial charge on any atom is -0.390 e. The van der Waals surface area contributed by atoms with Crippen molar-refractivity contribution in [1.29, 1.82) is 0 Å². The van der Waals surface area contributed by atoms with Gasteiger partial charge in [0, 0.05) is 6.04 Å².